The van der Waals surface area contributed by atoms with Gasteiger partial charge in [-0.15, -0.1) is 0 Å². The van der Waals surface area contributed by atoms with Crippen molar-refractivity contribution in [2.24, 2.45) is 0 Å². The first kappa shape index (κ1) is 17.4. The number of benzene rings is 3. The second-order valence-electron chi connectivity index (χ2n) is 6.22. The number of anilines is 2. The van der Waals surface area contributed by atoms with E-state index < -0.39 is 0 Å². The Morgan fingerprint density at radius 1 is 0.615 bits per heavy atom. The van der Waals surface area contributed by atoms with Crippen LogP contribution in [0.2, 0.25) is 0 Å². The third-order valence-corrected chi connectivity index (χ3v) is 4.67. The highest BCUT2D eigenvalue weighted by molar-refractivity contribution is 6.19. The largest absolute Gasteiger partial charge is 0.396 e. The number of rotatable bonds is 4. The van der Waals surface area contributed by atoms with E-state index in [1.165, 1.54) is 0 Å². The predicted molar refractivity (Wildman–Crippen MR) is 104 cm³/mol. The van der Waals surface area contributed by atoms with E-state index in [1.807, 2.05) is 12.1 Å². The zero-order chi connectivity index (χ0) is 18.8. The Kier molecular flexibility index (Phi) is 4.59. The molecule has 0 saturated heterocycles. The highest BCUT2D eigenvalue weighted by Gasteiger charge is 2.25. The Labute approximate surface area is 152 Å². The summed E-state index contributed by atoms with van der Waals surface area (Å²) in [5.74, 6) is -0.400. The van der Waals surface area contributed by atoms with Crippen molar-refractivity contribution in [1.82, 2.24) is 0 Å². The molecule has 0 unspecified atom stereocenters. The standard InChI is InChI=1S/C22H20N2O2/c1-13-14(2)18(22(26)16-11-7-4-8-12-16)20(24)19(23)17(13)21(25)15-9-5-3-6-10-15/h3-12H,23-24H2,1-2H3. The summed E-state index contributed by atoms with van der Waals surface area (Å²) in [5, 5.41) is 0. The molecule has 0 bridgehead atoms. The highest BCUT2D eigenvalue weighted by Crippen LogP contribution is 2.34. The molecule has 26 heavy (non-hydrogen) atoms. The number of hydrogen-bond acceptors (Lipinski definition) is 4. The third-order valence-electron chi connectivity index (χ3n) is 4.67. The maximum absolute atomic E-state index is 12.9. The predicted octanol–water partition coefficient (Wildman–Crippen LogP) is 3.93. The Bertz CT molecular complexity index is 882. The van der Waals surface area contributed by atoms with Crippen LogP contribution in [0.1, 0.15) is 43.0 Å². The zero-order valence-electron chi connectivity index (χ0n) is 14.7. The maximum Gasteiger partial charge on any atom is 0.195 e. The van der Waals surface area contributed by atoms with Crippen molar-refractivity contribution < 1.29 is 9.59 Å². The molecule has 0 fully saturated rings. The van der Waals surface area contributed by atoms with E-state index >= 15 is 0 Å². The van der Waals surface area contributed by atoms with Crippen LogP contribution in [0, 0.1) is 13.8 Å². The molecular formula is C22H20N2O2. The van der Waals surface area contributed by atoms with Crippen LogP contribution in [0.25, 0.3) is 0 Å². The highest BCUT2D eigenvalue weighted by atomic mass is 16.1. The van der Waals surface area contributed by atoms with E-state index in [-0.39, 0.29) is 22.9 Å². The molecule has 4 heteroatoms. The smallest absolute Gasteiger partial charge is 0.195 e. The summed E-state index contributed by atoms with van der Waals surface area (Å²) in [7, 11) is 0. The lowest BCUT2D eigenvalue weighted by Gasteiger charge is -2.18. The van der Waals surface area contributed by atoms with Gasteiger partial charge in [-0.3, -0.25) is 9.59 Å². The van der Waals surface area contributed by atoms with Gasteiger partial charge in [0.1, 0.15) is 0 Å². The van der Waals surface area contributed by atoms with Gasteiger partial charge >= 0.3 is 0 Å². The average Bonchev–Trinajstić information content (AvgIpc) is 2.68. The Balaban J connectivity index is 2.18. The normalized spacial score (nSPS) is 10.5. The first-order chi connectivity index (χ1) is 12.4. The molecule has 3 aromatic carbocycles. The number of ketones is 2. The van der Waals surface area contributed by atoms with E-state index in [1.54, 1.807) is 62.4 Å². The number of hydrogen-bond donors (Lipinski definition) is 2. The van der Waals surface area contributed by atoms with Crippen molar-refractivity contribution in [3.8, 4) is 0 Å². The van der Waals surface area contributed by atoms with Crippen LogP contribution in [0.3, 0.4) is 0 Å². The summed E-state index contributed by atoms with van der Waals surface area (Å²) in [5.41, 5.74) is 15.8. The molecule has 4 nitrogen and oxygen atoms in total. The van der Waals surface area contributed by atoms with Gasteiger partial charge in [-0.1, -0.05) is 60.7 Å². The van der Waals surface area contributed by atoms with Crippen molar-refractivity contribution in [2.75, 3.05) is 11.5 Å². The molecule has 0 saturated carbocycles. The van der Waals surface area contributed by atoms with Gasteiger partial charge in [0.05, 0.1) is 22.5 Å². The molecule has 0 atom stereocenters. The molecule has 3 aromatic rings. The van der Waals surface area contributed by atoms with E-state index in [4.69, 9.17) is 11.5 Å². The fraction of sp³-hybridized carbons (Fsp3) is 0.0909. The third kappa shape index (κ3) is 2.86. The van der Waals surface area contributed by atoms with Gasteiger partial charge in [-0.05, 0) is 25.0 Å². The monoisotopic (exact) mass is 344 g/mol. The molecule has 0 radical (unpaired) electrons. The minimum absolute atomic E-state index is 0.154. The molecule has 4 N–H and O–H groups in total. The molecule has 0 aliphatic carbocycles. The summed E-state index contributed by atoms with van der Waals surface area (Å²) in [6.45, 7) is 3.59. The van der Waals surface area contributed by atoms with Crippen molar-refractivity contribution in [2.45, 2.75) is 13.8 Å². The van der Waals surface area contributed by atoms with Crippen LogP contribution < -0.4 is 11.5 Å². The number of carbonyl (C=O) groups excluding carboxylic acids is 2. The van der Waals surface area contributed by atoms with Gasteiger partial charge in [0.2, 0.25) is 0 Å². The molecular weight excluding hydrogens is 324 g/mol. The second-order valence-corrected chi connectivity index (χ2v) is 6.22. The second kappa shape index (κ2) is 6.84. The summed E-state index contributed by atoms with van der Waals surface area (Å²) in [6.07, 6.45) is 0. The van der Waals surface area contributed by atoms with Gasteiger partial charge in [-0.2, -0.15) is 0 Å². The molecule has 130 valence electrons. The average molecular weight is 344 g/mol. The molecule has 0 aliphatic heterocycles. The number of nitrogens with two attached hydrogens (primary N) is 2. The van der Waals surface area contributed by atoms with Crippen molar-refractivity contribution in [1.29, 1.82) is 0 Å². The lowest BCUT2D eigenvalue weighted by molar-refractivity contribution is 0.102. The van der Waals surface area contributed by atoms with Gasteiger partial charge in [-0.25, -0.2) is 0 Å². The Hall–Kier alpha value is -3.40. The summed E-state index contributed by atoms with van der Waals surface area (Å²) in [6, 6.07) is 17.8. The minimum Gasteiger partial charge on any atom is -0.396 e. The maximum atomic E-state index is 12.9. The molecule has 0 aromatic heterocycles. The van der Waals surface area contributed by atoms with E-state index in [0.717, 1.165) is 0 Å². The van der Waals surface area contributed by atoms with E-state index in [2.05, 4.69) is 0 Å². The fourth-order valence-corrected chi connectivity index (χ4v) is 3.10. The summed E-state index contributed by atoms with van der Waals surface area (Å²) in [4.78, 5) is 25.8. The van der Waals surface area contributed by atoms with E-state index in [0.29, 0.717) is 33.4 Å². The van der Waals surface area contributed by atoms with Gasteiger partial charge in [0.25, 0.3) is 0 Å². The number of nitrogen functional groups attached to an aromatic ring is 2. The SMILES string of the molecule is Cc1c(C)c(C(=O)c2ccccc2)c(N)c(N)c1C(=O)c1ccccc1. The van der Waals surface area contributed by atoms with Crippen LogP contribution in [0.15, 0.2) is 60.7 Å². The first-order valence-electron chi connectivity index (χ1n) is 8.31. The molecule has 0 heterocycles. The van der Waals surface area contributed by atoms with Crippen molar-refractivity contribution in [3.05, 3.63) is 94.0 Å². The first-order valence-corrected chi connectivity index (χ1v) is 8.31. The van der Waals surface area contributed by atoms with Gasteiger partial charge in [0, 0.05) is 11.1 Å². The van der Waals surface area contributed by atoms with Crippen LogP contribution in [-0.4, -0.2) is 11.6 Å². The minimum atomic E-state index is -0.200. The summed E-state index contributed by atoms with van der Waals surface area (Å²) >= 11 is 0. The lowest BCUT2D eigenvalue weighted by Crippen LogP contribution is -2.17. The molecule has 0 spiro atoms. The summed E-state index contributed by atoms with van der Waals surface area (Å²) < 4.78 is 0. The fourth-order valence-electron chi connectivity index (χ4n) is 3.10. The lowest BCUT2D eigenvalue weighted by atomic mass is 9.87. The van der Waals surface area contributed by atoms with Crippen LogP contribution in [-0.2, 0) is 0 Å². The van der Waals surface area contributed by atoms with E-state index in [9.17, 15) is 9.59 Å². The Morgan fingerprint density at radius 3 is 1.23 bits per heavy atom. The quantitative estimate of drug-likeness (QED) is 0.554. The zero-order valence-corrected chi connectivity index (χ0v) is 14.7. The van der Waals surface area contributed by atoms with Crippen molar-refractivity contribution in [3.63, 3.8) is 0 Å². The van der Waals surface area contributed by atoms with Crippen LogP contribution in [0.4, 0.5) is 11.4 Å². The molecule has 0 aliphatic rings. The number of carbonyl (C=O) groups is 2. The van der Waals surface area contributed by atoms with Gasteiger partial charge in [0.15, 0.2) is 11.6 Å². The topological polar surface area (TPSA) is 86.2 Å². The van der Waals surface area contributed by atoms with Crippen LogP contribution >= 0.6 is 0 Å². The van der Waals surface area contributed by atoms with Crippen molar-refractivity contribution >= 4 is 22.9 Å². The Morgan fingerprint density at radius 2 is 0.923 bits per heavy atom. The molecule has 0 amide bonds. The van der Waals surface area contributed by atoms with Gasteiger partial charge < -0.3 is 11.5 Å². The molecule has 3 rings (SSSR count). The van der Waals surface area contributed by atoms with Crippen LogP contribution in [0.5, 0.6) is 0 Å².